The van der Waals surface area contributed by atoms with E-state index in [1.807, 2.05) is 28.7 Å². The standard InChI is InChI=1S/C49H33NOS.C49H35NS.C38H29NOSi/c1-49(2)40-27-26-37-36-12-6-8-17-45(36)52-48(37)46(40)38-25-24-35(29-41(38)49)50(42-14-9-16-44-47(42)39-13-5-7-15-43(39)51-44)34-22-20-31(21-23-34)33-19-18-30-10-3-4-11-32(30)28-33;1-49(2)43-29-28-41-40-17-9-11-19-46(40)51-48(41)47(43)42-27-26-38(31-44(42)49)50(45-18-10-8-16-39(45)34-13-4-3-5-14-34)37-24-22-33(23-25-37)36-21-20-32-12-6-7-15-35(32)30-36;1-41(2)35-24-23-32-31-15-9-10-16-34(31)40-38(32)37(35)33-22-21-30(25-36(33)41)39(28-13-7-4-8-14-28)29-19-17-27(18-20-29)26-11-5-3-6-12-26/h3-29H,1-2H3;3-31H,1-2H3;3-25H,1-2H3. The van der Waals surface area contributed by atoms with Crippen molar-refractivity contribution in [3.63, 3.8) is 0 Å². The normalized spacial score (nSPS) is 13.2. The van der Waals surface area contributed by atoms with Crippen molar-refractivity contribution >= 4 is 198 Å². The van der Waals surface area contributed by atoms with E-state index in [1.54, 1.807) is 0 Å². The van der Waals surface area contributed by atoms with Crippen molar-refractivity contribution in [2.45, 2.75) is 51.6 Å². The molecule has 144 heavy (non-hydrogen) atoms. The number of anilines is 9. The highest BCUT2D eigenvalue weighted by atomic mass is 32.1. The Kier molecular flexibility index (Phi) is 20.5. The summed E-state index contributed by atoms with van der Waals surface area (Å²) in [5.41, 5.74) is 37.0. The zero-order valence-electron chi connectivity index (χ0n) is 80.6. The molecule has 29 rings (SSSR count). The third kappa shape index (κ3) is 14.2. The highest BCUT2D eigenvalue weighted by Crippen LogP contribution is 2.59. The van der Waals surface area contributed by atoms with Crippen LogP contribution in [0.25, 0.3) is 184 Å². The van der Waals surface area contributed by atoms with Gasteiger partial charge in [0.15, 0.2) is 0 Å². The zero-order chi connectivity index (χ0) is 96.2. The SMILES string of the molecule is CC1(C)c2cc(N(c3ccc(-c4ccc5ccccc5c4)cc3)c3cccc4oc5ccccc5c34)ccc2-c2c1ccc1c2sc2ccccc21.CC1(C)c2cc(N(c3ccc(-c4ccc5ccccc5c4)cc3)c3ccccc3-c3ccccc3)ccc2-c2c1ccc1c2sc2ccccc21.C[Si]1(C)c2cc(N(c3ccccc3)c3ccc(-c4ccccc4)cc3)ccc2-c2c1ccc1c2oc2ccccc21. The minimum absolute atomic E-state index is 0.143. The molecule has 22 aromatic carbocycles. The lowest BCUT2D eigenvalue weighted by Gasteiger charge is -2.30. The molecule has 2 aliphatic carbocycles. The summed E-state index contributed by atoms with van der Waals surface area (Å²) in [5, 5.41) is 17.9. The molecule has 0 saturated carbocycles. The molecular weight excluding hydrogens is 1800 g/mol. The van der Waals surface area contributed by atoms with Gasteiger partial charge in [0, 0.05) is 129 Å². The van der Waals surface area contributed by atoms with Gasteiger partial charge in [-0.25, -0.2) is 0 Å². The quantitative estimate of drug-likeness (QED) is 0.108. The first-order chi connectivity index (χ1) is 70.7. The van der Waals surface area contributed by atoms with Crippen LogP contribution in [0.3, 0.4) is 0 Å². The number of furan rings is 2. The molecule has 8 heteroatoms. The Hall–Kier alpha value is -17.0. The number of hydrogen-bond donors (Lipinski definition) is 0. The van der Waals surface area contributed by atoms with Gasteiger partial charge in [-0.2, -0.15) is 0 Å². The highest BCUT2D eigenvalue weighted by molar-refractivity contribution is 7.26. The summed E-state index contributed by atoms with van der Waals surface area (Å²) in [6, 6.07) is 175. The van der Waals surface area contributed by atoms with E-state index in [0.717, 1.165) is 78.6 Å². The van der Waals surface area contributed by atoms with E-state index >= 15 is 0 Å². The van der Waals surface area contributed by atoms with E-state index in [-0.39, 0.29) is 10.8 Å². The van der Waals surface area contributed by atoms with Gasteiger partial charge in [-0.05, 0) is 249 Å². The van der Waals surface area contributed by atoms with Crippen molar-refractivity contribution in [2.24, 2.45) is 0 Å². The monoisotopic (exact) mass is 1900 g/mol. The first-order valence-electron chi connectivity index (χ1n) is 49.8. The largest absolute Gasteiger partial charge is 0.456 e. The van der Waals surface area contributed by atoms with Crippen LogP contribution in [0, 0.1) is 0 Å². The first kappa shape index (κ1) is 86.1. The first-order valence-corrected chi connectivity index (χ1v) is 54.4. The van der Waals surface area contributed by atoms with Crippen LogP contribution in [0.1, 0.15) is 49.9 Å². The molecule has 684 valence electrons. The zero-order valence-corrected chi connectivity index (χ0v) is 83.2. The molecule has 0 radical (unpaired) electrons. The highest BCUT2D eigenvalue weighted by Gasteiger charge is 2.43. The molecule has 0 atom stereocenters. The molecule has 5 nitrogen and oxygen atoms in total. The van der Waals surface area contributed by atoms with Crippen molar-refractivity contribution < 1.29 is 8.83 Å². The van der Waals surface area contributed by atoms with Crippen LogP contribution >= 0.6 is 22.7 Å². The lowest BCUT2D eigenvalue weighted by molar-refractivity contribution is 0.661. The van der Waals surface area contributed by atoms with Crippen LogP contribution in [-0.4, -0.2) is 8.07 Å². The van der Waals surface area contributed by atoms with E-state index in [9.17, 15) is 0 Å². The lowest BCUT2D eigenvalue weighted by Crippen LogP contribution is -2.49. The number of para-hydroxylation sites is 4. The van der Waals surface area contributed by atoms with Crippen molar-refractivity contribution in [1.82, 2.24) is 0 Å². The maximum Gasteiger partial charge on any atom is 0.143 e. The van der Waals surface area contributed by atoms with E-state index in [4.69, 9.17) is 8.83 Å². The van der Waals surface area contributed by atoms with E-state index in [2.05, 4.69) is 529 Å². The molecule has 0 saturated heterocycles. The predicted octanol–water partition coefficient (Wildman–Crippen LogP) is 38.4. The predicted molar refractivity (Wildman–Crippen MR) is 618 cm³/mol. The summed E-state index contributed by atoms with van der Waals surface area (Å²) in [5.74, 6) is 0. The second kappa shape index (κ2) is 34.2. The molecule has 0 spiro atoms. The van der Waals surface area contributed by atoms with Crippen molar-refractivity contribution in [2.75, 3.05) is 14.7 Å². The van der Waals surface area contributed by atoms with Crippen molar-refractivity contribution in [3.8, 4) is 77.9 Å². The van der Waals surface area contributed by atoms with Gasteiger partial charge in [0.25, 0.3) is 0 Å². The van der Waals surface area contributed by atoms with E-state index < -0.39 is 8.07 Å². The molecule has 0 fully saturated rings. The molecule has 26 aromatic rings. The summed E-state index contributed by atoms with van der Waals surface area (Å²) in [6.45, 7) is 14.5. The third-order valence-corrected chi connectivity index (χ3v) is 36.7. The number of thiophene rings is 2. The van der Waals surface area contributed by atoms with Gasteiger partial charge >= 0.3 is 0 Å². The second-order valence-corrected chi connectivity index (χ2v) is 46.5. The van der Waals surface area contributed by atoms with Crippen molar-refractivity contribution in [1.29, 1.82) is 0 Å². The van der Waals surface area contributed by atoms with E-state index in [1.165, 1.54) is 189 Å². The van der Waals surface area contributed by atoms with Crippen LogP contribution in [0.15, 0.2) is 488 Å². The summed E-state index contributed by atoms with van der Waals surface area (Å²) in [7, 11) is -1.97. The number of benzene rings is 22. The minimum Gasteiger partial charge on any atom is -0.456 e. The Morgan fingerprint density at radius 3 is 1.18 bits per heavy atom. The summed E-state index contributed by atoms with van der Waals surface area (Å²) in [4.78, 5) is 7.24. The van der Waals surface area contributed by atoms with Crippen LogP contribution in [0.2, 0.25) is 13.1 Å². The molecule has 4 aromatic heterocycles. The number of rotatable bonds is 13. The summed E-state index contributed by atoms with van der Waals surface area (Å²) in [6.07, 6.45) is 0. The van der Waals surface area contributed by atoms with E-state index in [0.29, 0.717) is 0 Å². The fourth-order valence-electron chi connectivity index (χ4n) is 23.5. The van der Waals surface area contributed by atoms with Gasteiger partial charge in [0.1, 0.15) is 30.4 Å². The Bertz CT molecular complexity index is 9630. The molecule has 3 aliphatic rings. The molecule has 0 bridgehead atoms. The molecule has 0 amide bonds. The molecule has 0 unspecified atom stereocenters. The summed E-state index contributed by atoms with van der Waals surface area (Å²) < 4.78 is 18.4. The Labute approximate surface area is 846 Å². The number of fused-ring (bicyclic) bond motifs is 26. The van der Waals surface area contributed by atoms with Gasteiger partial charge in [-0.1, -0.05) is 381 Å². The topological polar surface area (TPSA) is 36.0 Å². The van der Waals surface area contributed by atoms with Crippen LogP contribution in [0.5, 0.6) is 0 Å². The average molecular weight is 1900 g/mol. The lowest BCUT2D eigenvalue weighted by atomic mass is 9.82. The maximum absolute atomic E-state index is 6.52. The number of hydrogen-bond acceptors (Lipinski definition) is 7. The number of nitrogens with zero attached hydrogens (tertiary/aromatic N) is 3. The minimum atomic E-state index is -1.97. The molecular formula is C136H97N3O2S2Si. The maximum atomic E-state index is 6.52. The average Bonchev–Trinajstić information content (AvgIpc) is 1.55. The van der Waals surface area contributed by atoms with Crippen molar-refractivity contribution in [3.05, 3.63) is 501 Å². The van der Waals surface area contributed by atoms with Crippen LogP contribution in [0.4, 0.5) is 51.2 Å². The van der Waals surface area contributed by atoms with Crippen LogP contribution in [-0.2, 0) is 10.8 Å². The van der Waals surface area contributed by atoms with Gasteiger partial charge in [-0.15, -0.1) is 22.7 Å². The second-order valence-electron chi connectivity index (χ2n) is 40.1. The Morgan fingerprint density at radius 2 is 0.618 bits per heavy atom. The Balaban J connectivity index is 0.000000108. The van der Waals surface area contributed by atoms with Gasteiger partial charge in [-0.3, -0.25) is 0 Å². The van der Waals surface area contributed by atoms with Gasteiger partial charge in [0.05, 0.1) is 16.8 Å². The Morgan fingerprint density at radius 1 is 0.222 bits per heavy atom. The van der Waals surface area contributed by atoms with Crippen LogP contribution < -0.4 is 25.1 Å². The smallest absolute Gasteiger partial charge is 0.143 e. The molecule has 1 aliphatic heterocycles. The fraction of sp³-hybridized carbons (Fsp3) is 0.0588. The molecule has 5 heterocycles. The van der Waals surface area contributed by atoms with Gasteiger partial charge < -0.3 is 23.5 Å². The third-order valence-electron chi connectivity index (χ3n) is 30.8. The van der Waals surface area contributed by atoms with Gasteiger partial charge in [0.2, 0.25) is 0 Å². The fourth-order valence-corrected chi connectivity index (χ4v) is 29.1. The summed E-state index contributed by atoms with van der Waals surface area (Å²) >= 11 is 3.84. The molecule has 0 N–H and O–H groups in total.